The van der Waals surface area contributed by atoms with Crippen molar-refractivity contribution in [3.8, 4) is 0 Å². The zero-order valence-corrected chi connectivity index (χ0v) is 6.54. The van der Waals surface area contributed by atoms with Crippen LogP contribution in [0.4, 0.5) is 19.1 Å². The molecule has 0 N–H and O–H groups in total. The maximum absolute atomic E-state index is 12.4. The van der Waals surface area contributed by atoms with E-state index >= 15 is 0 Å². The molecule has 0 unspecified atom stereocenters. The van der Waals surface area contributed by atoms with Gasteiger partial charge >= 0.3 is 0 Å². The first-order chi connectivity index (χ1) is 6.07. The number of hydrogen-bond acceptors (Lipinski definition) is 3. The second-order valence-corrected chi connectivity index (χ2v) is 2.91. The first-order valence-corrected chi connectivity index (χ1v) is 3.67. The third-order valence-electron chi connectivity index (χ3n) is 1.73. The Hall–Kier alpha value is -1.33. The molecular formula is C7H6F3N3. The van der Waals surface area contributed by atoms with E-state index in [1.165, 1.54) is 4.90 Å². The van der Waals surface area contributed by atoms with Crippen LogP contribution in [0.15, 0.2) is 12.4 Å². The molecule has 3 nitrogen and oxygen atoms in total. The first kappa shape index (κ1) is 8.28. The largest absolute Gasteiger partial charge is 0.329 e. The zero-order chi connectivity index (χ0) is 9.47. The summed E-state index contributed by atoms with van der Waals surface area (Å²) in [7, 11) is 0. The topological polar surface area (TPSA) is 29.0 Å². The summed E-state index contributed by atoms with van der Waals surface area (Å²) in [6.45, 7) is -0.780. The molecule has 1 aliphatic rings. The van der Waals surface area contributed by atoms with E-state index in [-0.39, 0.29) is 5.95 Å². The van der Waals surface area contributed by atoms with Gasteiger partial charge < -0.3 is 4.90 Å². The van der Waals surface area contributed by atoms with Gasteiger partial charge in [0.1, 0.15) is 0 Å². The second-order valence-electron chi connectivity index (χ2n) is 2.91. The molecule has 0 atom stereocenters. The van der Waals surface area contributed by atoms with Gasteiger partial charge in [-0.1, -0.05) is 0 Å². The van der Waals surface area contributed by atoms with Crippen LogP contribution in [0.5, 0.6) is 0 Å². The van der Waals surface area contributed by atoms with Crippen LogP contribution in [0, 0.1) is 5.82 Å². The average molecular weight is 189 g/mol. The van der Waals surface area contributed by atoms with Crippen LogP contribution in [0.3, 0.4) is 0 Å². The molecule has 6 heteroatoms. The number of rotatable bonds is 1. The smallest absolute Gasteiger partial charge is 0.282 e. The van der Waals surface area contributed by atoms with Crippen molar-refractivity contribution in [2.24, 2.45) is 0 Å². The maximum atomic E-state index is 12.4. The Morgan fingerprint density at radius 2 is 1.77 bits per heavy atom. The number of aromatic nitrogens is 2. The van der Waals surface area contributed by atoms with E-state index in [4.69, 9.17) is 0 Å². The molecule has 0 bridgehead atoms. The normalized spacial score (nSPS) is 19.8. The lowest BCUT2D eigenvalue weighted by atomic mass is 10.2. The standard InChI is InChI=1S/C7H6F3N3/c8-5-1-11-6(12-2-5)13-3-7(9,10)4-13/h1-2H,3-4H2. The van der Waals surface area contributed by atoms with Crippen molar-refractivity contribution in [1.29, 1.82) is 0 Å². The quantitative estimate of drug-likeness (QED) is 0.661. The SMILES string of the molecule is Fc1cnc(N2CC(F)(F)C2)nc1. The van der Waals surface area contributed by atoms with E-state index < -0.39 is 24.8 Å². The van der Waals surface area contributed by atoms with Crippen molar-refractivity contribution in [3.63, 3.8) is 0 Å². The highest BCUT2D eigenvalue weighted by Gasteiger charge is 2.45. The van der Waals surface area contributed by atoms with Crippen molar-refractivity contribution in [1.82, 2.24) is 9.97 Å². The van der Waals surface area contributed by atoms with Gasteiger partial charge in [0.15, 0.2) is 5.82 Å². The van der Waals surface area contributed by atoms with Gasteiger partial charge in [-0.25, -0.2) is 23.1 Å². The molecular weight excluding hydrogens is 183 g/mol. The minimum atomic E-state index is -2.66. The first-order valence-electron chi connectivity index (χ1n) is 3.67. The van der Waals surface area contributed by atoms with Crippen LogP contribution < -0.4 is 4.90 Å². The molecule has 2 heterocycles. The van der Waals surface area contributed by atoms with Crippen LogP contribution in [0.2, 0.25) is 0 Å². The van der Waals surface area contributed by atoms with Crippen LogP contribution >= 0.6 is 0 Å². The number of anilines is 1. The van der Waals surface area contributed by atoms with Gasteiger partial charge in [-0.3, -0.25) is 0 Å². The summed E-state index contributed by atoms with van der Waals surface area (Å²) in [5, 5.41) is 0. The average Bonchev–Trinajstić information content (AvgIpc) is 2.01. The summed E-state index contributed by atoms with van der Waals surface area (Å²) in [4.78, 5) is 8.44. The fourth-order valence-corrected chi connectivity index (χ4v) is 1.12. The van der Waals surface area contributed by atoms with Gasteiger partial charge in [-0.15, -0.1) is 0 Å². The zero-order valence-electron chi connectivity index (χ0n) is 6.54. The fourth-order valence-electron chi connectivity index (χ4n) is 1.12. The molecule has 70 valence electrons. The van der Waals surface area contributed by atoms with E-state index in [9.17, 15) is 13.2 Å². The van der Waals surface area contributed by atoms with E-state index in [0.717, 1.165) is 12.4 Å². The van der Waals surface area contributed by atoms with Crippen molar-refractivity contribution in [3.05, 3.63) is 18.2 Å². The molecule has 0 amide bonds. The van der Waals surface area contributed by atoms with Gasteiger partial charge in [-0.05, 0) is 0 Å². The highest BCUT2D eigenvalue weighted by Crippen LogP contribution is 2.29. The number of alkyl halides is 2. The monoisotopic (exact) mass is 189 g/mol. The summed E-state index contributed by atoms with van der Waals surface area (Å²) in [6, 6.07) is 0. The summed E-state index contributed by atoms with van der Waals surface area (Å²) in [6.07, 6.45) is 1.91. The molecule has 0 aromatic carbocycles. The Labute approximate surface area is 72.2 Å². The van der Waals surface area contributed by atoms with Crippen LogP contribution in [0.25, 0.3) is 0 Å². The maximum Gasteiger partial charge on any atom is 0.282 e. The van der Waals surface area contributed by atoms with E-state index in [2.05, 4.69) is 9.97 Å². The Kier molecular flexibility index (Phi) is 1.64. The summed E-state index contributed by atoms with van der Waals surface area (Å²) in [5.41, 5.74) is 0. The van der Waals surface area contributed by atoms with Crippen molar-refractivity contribution in [2.75, 3.05) is 18.0 Å². The molecule has 13 heavy (non-hydrogen) atoms. The predicted molar refractivity (Wildman–Crippen MR) is 39.2 cm³/mol. The molecule has 0 spiro atoms. The molecule has 0 saturated carbocycles. The molecule has 1 fully saturated rings. The Morgan fingerprint density at radius 3 is 2.23 bits per heavy atom. The van der Waals surface area contributed by atoms with Crippen LogP contribution in [0.1, 0.15) is 0 Å². The van der Waals surface area contributed by atoms with Crippen LogP contribution in [-0.4, -0.2) is 29.0 Å². The minimum Gasteiger partial charge on any atom is -0.329 e. The van der Waals surface area contributed by atoms with Crippen LogP contribution in [-0.2, 0) is 0 Å². The second kappa shape index (κ2) is 2.58. The third kappa shape index (κ3) is 1.56. The number of halogens is 3. The van der Waals surface area contributed by atoms with Crippen molar-refractivity contribution < 1.29 is 13.2 Å². The van der Waals surface area contributed by atoms with Crippen molar-refractivity contribution in [2.45, 2.75) is 5.92 Å². The van der Waals surface area contributed by atoms with E-state index in [1.54, 1.807) is 0 Å². The lowest BCUT2D eigenvalue weighted by Gasteiger charge is -2.38. The summed E-state index contributed by atoms with van der Waals surface area (Å²) < 4.78 is 37.1. The third-order valence-corrected chi connectivity index (χ3v) is 1.73. The fraction of sp³-hybridized carbons (Fsp3) is 0.429. The molecule has 1 aromatic rings. The lowest BCUT2D eigenvalue weighted by molar-refractivity contribution is -0.0271. The van der Waals surface area contributed by atoms with Crippen molar-refractivity contribution >= 4 is 5.95 Å². The Morgan fingerprint density at radius 1 is 1.23 bits per heavy atom. The Bertz CT molecular complexity index is 303. The molecule has 1 aliphatic heterocycles. The van der Waals surface area contributed by atoms with E-state index in [0.29, 0.717) is 0 Å². The highest BCUT2D eigenvalue weighted by molar-refractivity contribution is 5.35. The van der Waals surface area contributed by atoms with E-state index in [1.807, 2.05) is 0 Å². The molecule has 1 aromatic heterocycles. The lowest BCUT2D eigenvalue weighted by Crippen LogP contribution is -2.57. The molecule has 2 rings (SSSR count). The summed E-state index contributed by atoms with van der Waals surface area (Å²) in [5.74, 6) is -3.08. The minimum absolute atomic E-state index is 0.146. The molecule has 0 aliphatic carbocycles. The van der Waals surface area contributed by atoms with Gasteiger partial charge in [0, 0.05) is 0 Å². The predicted octanol–water partition coefficient (Wildman–Crippen LogP) is 1.07. The van der Waals surface area contributed by atoms with Gasteiger partial charge in [-0.2, -0.15) is 0 Å². The molecule has 1 saturated heterocycles. The number of nitrogens with zero attached hydrogens (tertiary/aromatic N) is 3. The highest BCUT2D eigenvalue weighted by atomic mass is 19.3. The van der Waals surface area contributed by atoms with Gasteiger partial charge in [0.05, 0.1) is 25.5 Å². The number of hydrogen-bond donors (Lipinski definition) is 0. The molecule has 0 radical (unpaired) electrons. The summed E-state index contributed by atoms with van der Waals surface area (Å²) >= 11 is 0. The Balaban J connectivity index is 2.08. The van der Waals surface area contributed by atoms with Gasteiger partial charge in [0.2, 0.25) is 5.95 Å². The van der Waals surface area contributed by atoms with Gasteiger partial charge in [0.25, 0.3) is 5.92 Å².